The van der Waals surface area contributed by atoms with Gasteiger partial charge in [-0.05, 0) is 12.8 Å². The van der Waals surface area contributed by atoms with E-state index in [1.165, 1.54) is 193 Å². The molecule has 284 valence electrons. The van der Waals surface area contributed by atoms with Crippen LogP contribution in [0.4, 0.5) is 0 Å². The maximum absolute atomic E-state index is 5.95. The van der Waals surface area contributed by atoms with Crippen molar-refractivity contribution in [1.82, 2.24) is 0 Å². The normalized spacial score (nSPS) is 11.5. The Bertz CT molecular complexity index is 863. The molecule has 0 saturated heterocycles. The van der Waals surface area contributed by atoms with E-state index in [1.54, 1.807) is 0 Å². The maximum Gasteiger partial charge on any atom is 0.443 e. The van der Waals surface area contributed by atoms with E-state index in [0.717, 1.165) is 33.6 Å². The molecule has 0 fully saturated rings. The molecule has 0 atom stereocenters. The first-order valence-corrected chi connectivity index (χ1v) is 23.6. The summed E-state index contributed by atoms with van der Waals surface area (Å²) in [6.45, 7) is 6.07. The van der Waals surface area contributed by atoms with Gasteiger partial charge in [0.1, 0.15) is 0 Å². The Hall–Kier alpha value is -1.11. The van der Waals surface area contributed by atoms with E-state index in [4.69, 9.17) is 18.3 Å². The summed E-state index contributed by atoms with van der Waals surface area (Å²) in [5.74, 6) is 1.28. The number of halogens is 1. The van der Waals surface area contributed by atoms with E-state index in [0.29, 0.717) is 11.9 Å². The molecule has 0 aliphatic carbocycles. The lowest BCUT2D eigenvalue weighted by Gasteiger charge is -2.04. The largest absolute Gasteiger partial charge is 0.465 e. The van der Waals surface area contributed by atoms with E-state index < -0.39 is 21.2 Å². The van der Waals surface area contributed by atoms with Crippen LogP contribution in [0, 0.1) is 7.53 Å². The van der Waals surface area contributed by atoms with Crippen molar-refractivity contribution in [1.29, 1.82) is 0 Å². The number of hydrogen-bond acceptors (Lipinski definition) is 4. The van der Waals surface area contributed by atoms with Crippen LogP contribution in [-0.2, 0) is 0 Å². The van der Waals surface area contributed by atoms with Gasteiger partial charge in [-0.1, -0.05) is 206 Å². The van der Waals surface area contributed by atoms with Crippen molar-refractivity contribution in [2.75, 3.05) is 13.2 Å². The van der Waals surface area contributed by atoms with Crippen molar-refractivity contribution in [3.05, 3.63) is 31.8 Å². The summed E-state index contributed by atoms with van der Waals surface area (Å²) in [5.41, 5.74) is 0. The molecule has 0 bridgehead atoms. The fourth-order valence-electron chi connectivity index (χ4n) is 6.59. The predicted octanol–water partition coefficient (Wildman–Crippen LogP) is 12.3. The van der Waals surface area contributed by atoms with Gasteiger partial charge in [-0.15, -0.1) is 0 Å². The first-order valence-electron chi connectivity index (χ1n) is 21.4. The summed E-state index contributed by atoms with van der Waals surface area (Å²) in [6, 6.07) is 7.99. The third-order valence-electron chi connectivity index (χ3n) is 9.77. The molecule has 0 N–H and O–H groups in total. The Morgan fingerprint density at radius 2 is 0.592 bits per heavy atom. The van der Waals surface area contributed by atoms with Gasteiger partial charge in [-0.2, -0.15) is 0 Å². The molecule has 0 amide bonds. The molecule has 0 radical (unpaired) electrons. The summed E-state index contributed by atoms with van der Waals surface area (Å²) in [6.07, 6.45) is 44.3. The molecule has 2 aromatic heterocycles. The fraction of sp³-hybridized carbons (Fsp3) is 0.818. The zero-order valence-corrected chi connectivity index (χ0v) is 34.5. The lowest BCUT2D eigenvalue weighted by Crippen LogP contribution is -3.61. The van der Waals surface area contributed by atoms with Crippen molar-refractivity contribution in [3.8, 4) is 11.9 Å². The molecule has 0 aromatic carbocycles. The minimum absolute atomic E-state index is 0.507. The monoisotopic (exact) mass is 797 g/mol. The van der Waals surface area contributed by atoms with E-state index >= 15 is 0 Å². The van der Waals surface area contributed by atoms with E-state index in [1.807, 2.05) is 24.3 Å². The minimum atomic E-state index is -0.507. The molecule has 0 unspecified atom stereocenters. The Labute approximate surface area is 314 Å². The molecular weight excluding hydrogens is 719 g/mol. The van der Waals surface area contributed by atoms with Gasteiger partial charge in [-0.25, -0.2) is 0 Å². The van der Waals surface area contributed by atoms with Crippen molar-refractivity contribution in [2.24, 2.45) is 0 Å². The SMILES string of the molecule is CCCCCCCCCCCCCCCCCCOc1ccc([I+]c2ccc(OCCCCCCCCCCCCCCCCCC)o2)o1. The van der Waals surface area contributed by atoms with E-state index in [9.17, 15) is 0 Å². The smallest absolute Gasteiger partial charge is 0.443 e. The Kier molecular flexibility index (Phi) is 30.6. The van der Waals surface area contributed by atoms with E-state index in [-0.39, 0.29) is 0 Å². The zero-order chi connectivity index (χ0) is 34.7. The highest BCUT2D eigenvalue weighted by Gasteiger charge is 2.25. The second-order valence-corrected chi connectivity index (χ2v) is 17.2. The number of furan rings is 2. The summed E-state index contributed by atoms with van der Waals surface area (Å²) < 4.78 is 25.6. The molecular formula is C44H78IO4+. The summed E-state index contributed by atoms with van der Waals surface area (Å²) in [5, 5.41) is 0. The van der Waals surface area contributed by atoms with Crippen LogP contribution in [0.25, 0.3) is 0 Å². The van der Waals surface area contributed by atoms with E-state index in [2.05, 4.69) is 13.8 Å². The molecule has 4 nitrogen and oxygen atoms in total. The maximum atomic E-state index is 5.95. The van der Waals surface area contributed by atoms with Crippen LogP contribution < -0.4 is 30.7 Å². The molecule has 0 aliphatic rings. The molecule has 49 heavy (non-hydrogen) atoms. The number of hydrogen-bond donors (Lipinski definition) is 0. The van der Waals surface area contributed by atoms with Crippen molar-refractivity contribution in [2.45, 2.75) is 219 Å². The molecule has 5 heteroatoms. The molecule has 2 rings (SSSR count). The Morgan fingerprint density at radius 3 is 0.857 bits per heavy atom. The van der Waals surface area contributed by atoms with Crippen LogP contribution >= 0.6 is 0 Å². The van der Waals surface area contributed by atoms with Crippen molar-refractivity contribution >= 4 is 0 Å². The van der Waals surface area contributed by atoms with Crippen LogP contribution in [0.15, 0.2) is 33.1 Å². The van der Waals surface area contributed by atoms with Crippen LogP contribution in [0.2, 0.25) is 0 Å². The van der Waals surface area contributed by atoms with Crippen LogP contribution in [0.5, 0.6) is 11.9 Å². The highest BCUT2D eigenvalue weighted by molar-refractivity contribution is 5.05. The molecule has 0 aliphatic heterocycles. The molecule has 0 saturated carbocycles. The number of unbranched alkanes of at least 4 members (excludes halogenated alkanes) is 30. The van der Waals surface area contributed by atoms with Crippen molar-refractivity contribution < 1.29 is 39.5 Å². The lowest BCUT2D eigenvalue weighted by molar-refractivity contribution is -0.636. The van der Waals surface area contributed by atoms with Gasteiger partial charge in [0.05, 0.1) is 13.2 Å². The fourth-order valence-corrected chi connectivity index (χ4v) is 8.49. The highest BCUT2D eigenvalue weighted by atomic mass is 127. The minimum Gasteiger partial charge on any atom is -0.465 e. The quantitative estimate of drug-likeness (QED) is 0.0501. The average molecular weight is 798 g/mol. The van der Waals surface area contributed by atoms with Crippen LogP contribution in [-0.4, -0.2) is 13.2 Å². The molecule has 2 aromatic rings. The third-order valence-corrected chi connectivity index (χ3v) is 12.0. The second kappa shape index (κ2) is 34.0. The standard InChI is InChI=1S/C44H78IO4/c1-3-5-7-9-11-13-15-17-19-21-23-25-27-29-31-33-39-46-43-37-35-41(48-43)45-42-36-38-44(49-42)47-40-34-32-30-28-26-24-22-20-18-16-14-12-10-8-6-4-2/h35-38H,3-34,39-40H2,1-2H3/q+1. The molecule has 0 spiro atoms. The van der Waals surface area contributed by atoms with Gasteiger partial charge in [0, 0.05) is 24.3 Å². The number of ether oxygens (including phenoxy) is 2. The topological polar surface area (TPSA) is 44.7 Å². The Morgan fingerprint density at radius 1 is 0.347 bits per heavy atom. The van der Waals surface area contributed by atoms with Gasteiger partial charge < -0.3 is 18.3 Å². The first kappa shape index (κ1) is 44.1. The van der Waals surface area contributed by atoms with Gasteiger partial charge in [0.15, 0.2) is 0 Å². The van der Waals surface area contributed by atoms with Gasteiger partial charge in [0.2, 0.25) is 0 Å². The zero-order valence-electron chi connectivity index (χ0n) is 32.4. The number of rotatable bonds is 38. The highest BCUT2D eigenvalue weighted by Crippen LogP contribution is 2.17. The third kappa shape index (κ3) is 27.2. The Balaban J connectivity index is 1.34. The van der Waals surface area contributed by atoms with Crippen LogP contribution in [0.1, 0.15) is 219 Å². The predicted molar refractivity (Wildman–Crippen MR) is 205 cm³/mol. The van der Waals surface area contributed by atoms with Gasteiger partial charge in [-0.3, -0.25) is 0 Å². The second-order valence-electron chi connectivity index (χ2n) is 14.5. The summed E-state index contributed by atoms with van der Waals surface area (Å²) in [7, 11) is 0. The van der Waals surface area contributed by atoms with Gasteiger partial charge >= 0.3 is 28.7 Å². The first-order chi connectivity index (χ1) is 24.3. The summed E-state index contributed by atoms with van der Waals surface area (Å²) >= 11 is -0.507. The van der Waals surface area contributed by atoms with Gasteiger partial charge in [0.25, 0.3) is 11.9 Å². The molecule has 2 heterocycles. The lowest BCUT2D eigenvalue weighted by atomic mass is 10.0. The summed E-state index contributed by atoms with van der Waals surface area (Å²) in [4.78, 5) is 0. The van der Waals surface area contributed by atoms with Crippen LogP contribution in [0.3, 0.4) is 0 Å². The average Bonchev–Trinajstić information content (AvgIpc) is 3.76. The van der Waals surface area contributed by atoms with Crippen molar-refractivity contribution in [3.63, 3.8) is 0 Å².